The highest BCUT2D eigenvalue weighted by Gasteiger charge is 2.36. The fourth-order valence-corrected chi connectivity index (χ4v) is 2.97. The summed E-state index contributed by atoms with van der Waals surface area (Å²) in [5, 5.41) is 2.68. The number of rotatable bonds is 5. The molecule has 1 aliphatic heterocycles. The Kier molecular flexibility index (Phi) is 8.49. The number of halogens is 5. The maximum Gasteiger partial charge on any atom is 0.419 e. The van der Waals surface area contributed by atoms with E-state index < -0.39 is 23.5 Å². The Labute approximate surface area is 160 Å². The number of nitrogens with zero attached hydrogens (tertiary/aromatic N) is 1. The second-order valence-electron chi connectivity index (χ2n) is 6.18. The Hall–Kier alpha value is -1.87. The van der Waals surface area contributed by atoms with Gasteiger partial charge < -0.3 is 16.0 Å². The number of nitrogens with two attached hydrogens (primary N) is 1. The van der Waals surface area contributed by atoms with Gasteiger partial charge in [-0.1, -0.05) is 0 Å². The Bertz CT molecular complexity index is 670. The van der Waals surface area contributed by atoms with Gasteiger partial charge >= 0.3 is 6.18 Å². The largest absolute Gasteiger partial charge is 0.419 e. The van der Waals surface area contributed by atoms with Gasteiger partial charge in [0.25, 0.3) is 5.91 Å². The van der Waals surface area contributed by atoms with Crippen LogP contribution in [0.25, 0.3) is 0 Å². The monoisotopic (exact) mass is 411 g/mol. The van der Waals surface area contributed by atoms with Gasteiger partial charge in [0.1, 0.15) is 5.82 Å². The van der Waals surface area contributed by atoms with Crippen LogP contribution in [-0.2, 0) is 11.0 Å². The molecule has 1 fully saturated rings. The van der Waals surface area contributed by atoms with E-state index in [1.54, 1.807) is 0 Å². The number of carbonyl (C=O) groups excluding carboxylic acids is 2. The molecule has 152 valence electrons. The summed E-state index contributed by atoms with van der Waals surface area (Å²) in [6.45, 7) is 0.780. The number of hydrogen-bond acceptors (Lipinski definition) is 3. The lowest BCUT2D eigenvalue weighted by atomic mass is 10.00. The number of nitrogens with one attached hydrogen (secondary N) is 1. The molecule has 0 bridgehead atoms. The van der Waals surface area contributed by atoms with Crippen LogP contribution in [0.5, 0.6) is 0 Å². The minimum absolute atomic E-state index is 0. The van der Waals surface area contributed by atoms with Crippen molar-refractivity contribution in [2.45, 2.75) is 37.9 Å². The fourth-order valence-electron chi connectivity index (χ4n) is 2.97. The summed E-state index contributed by atoms with van der Waals surface area (Å²) >= 11 is 0. The number of piperidine rings is 1. The summed E-state index contributed by atoms with van der Waals surface area (Å²) in [6, 6.07) is 1.91. The number of carbonyl (C=O) groups is 2. The highest BCUT2D eigenvalue weighted by atomic mass is 35.5. The van der Waals surface area contributed by atoms with Crippen LogP contribution in [0.4, 0.5) is 17.6 Å². The van der Waals surface area contributed by atoms with Gasteiger partial charge in [0.05, 0.1) is 5.56 Å². The molecule has 1 heterocycles. The van der Waals surface area contributed by atoms with Crippen LogP contribution >= 0.6 is 12.4 Å². The van der Waals surface area contributed by atoms with Gasteiger partial charge in [0.15, 0.2) is 0 Å². The normalized spacial score (nSPS) is 17.2. The van der Waals surface area contributed by atoms with E-state index in [-0.39, 0.29) is 49.4 Å². The lowest BCUT2D eigenvalue weighted by Crippen LogP contribution is -2.49. The third kappa shape index (κ3) is 6.07. The molecule has 1 unspecified atom stereocenters. The molecule has 0 radical (unpaired) electrons. The Morgan fingerprint density at radius 1 is 1.26 bits per heavy atom. The lowest BCUT2D eigenvalue weighted by molar-refractivity contribution is -0.140. The molecule has 2 amide bonds. The predicted molar refractivity (Wildman–Crippen MR) is 94.0 cm³/mol. The molecule has 3 N–H and O–H groups in total. The predicted octanol–water partition coefficient (Wildman–Crippen LogP) is 2.73. The summed E-state index contributed by atoms with van der Waals surface area (Å²) in [5.41, 5.74) is 3.62. The van der Waals surface area contributed by atoms with E-state index in [0.717, 1.165) is 12.5 Å². The van der Waals surface area contributed by atoms with Gasteiger partial charge in [0.2, 0.25) is 5.91 Å². The summed E-state index contributed by atoms with van der Waals surface area (Å²) in [4.78, 5) is 25.7. The Morgan fingerprint density at radius 2 is 1.96 bits per heavy atom. The van der Waals surface area contributed by atoms with E-state index in [9.17, 15) is 27.2 Å². The molecular weight excluding hydrogens is 390 g/mol. The van der Waals surface area contributed by atoms with E-state index in [0.29, 0.717) is 31.5 Å². The molecule has 2 rings (SSSR count). The molecule has 1 saturated heterocycles. The van der Waals surface area contributed by atoms with Crippen molar-refractivity contribution in [1.29, 1.82) is 0 Å². The van der Waals surface area contributed by atoms with Crippen molar-refractivity contribution >= 4 is 24.2 Å². The Balaban J connectivity index is 0.00000364. The highest BCUT2D eigenvalue weighted by molar-refractivity contribution is 5.94. The van der Waals surface area contributed by atoms with Crippen LogP contribution < -0.4 is 11.1 Å². The molecule has 1 aromatic rings. The quantitative estimate of drug-likeness (QED) is 0.731. The van der Waals surface area contributed by atoms with Crippen LogP contribution in [0, 0.1) is 5.82 Å². The summed E-state index contributed by atoms with van der Waals surface area (Å²) in [5.74, 6) is -2.27. The molecule has 0 saturated carbocycles. The van der Waals surface area contributed by atoms with Crippen molar-refractivity contribution in [2.75, 3.05) is 19.6 Å². The number of benzene rings is 1. The van der Waals surface area contributed by atoms with Crippen molar-refractivity contribution < 1.29 is 27.2 Å². The zero-order chi connectivity index (χ0) is 19.3. The van der Waals surface area contributed by atoms with E-state index in [2.05, 4.69) is 5.32 Å². The maximum atomic E-state index is 13.4. The van der Waals surface area contributed by atoms with Gasteiger partial charge in [-0.3, -0.25) is 9.59 Å². The van der Waals surface area contributed by atoms with Gasteiger partial charge in [-0.05, 0) is 37.5 Å². The van der Waals surface area contributed by atoms with Crippen molar-refractivity contribution in [3.8, 4) is 0 Å². The average Bonchev–Trinajstić information content (AvgIpc) is 2.59. The van der Waals surface area contributed by atoms with Gasteiger partial charge in [-0.2, -0.15) is 13.2 Å². The maximum absolute atomic E-state index is 13.4. The molecule has 10 heteroatoms. The molecule has 0 aliphatic carbocycles. The second-order valence-corrected chi connectivity index (χ2v) is 6.18. The van der Waals surface area contributed by atoms with E-state index in [1.807, 2.05) is 0 Å². The molecule has 27 heavy (non-hydrogen) atoms. The van der Waals surface area contributed by atoms with Crippen molar-refractivity contribution in [1.82, 2.24) is 10.2 Å². The first-order valence-electron chi connectivity index (χ1n) is 8.38. The van der Waals surface area contributed by atoms with Crippen LogP contribution in [-0.4, -0.2) is 42.4 Å². The number of likely N-dealkylation sites (tertiary alicyclic amines) is 1. The van der Waals surface area contributed by atoms with Crippen molar-refractivity contribution in [2.24, 2.45) is 5.73 Å². The molecule has 0 spiro atoms. The first-order valence-corrected chi connectivity index (χ1v) is 8.38. The number of amides is 2. The third-order valence-electron chi connectivity index (χ3n) is 4.31. The van der Waals surface area contributed by atoms with Crippen LogP contribution in [0.3, 0.4) is 0 Å². The lowest BCUT2D eigenvalue weighted by Gasteiger charge is -2.36. The van der Waals surface area contributed by atoms with Gasteiger partial charge in [0, 0.05) is 37.7 Å². The fraction of sp³-hybridized carbons (Fsp3) is 0.529. The molecule has 1 aromatic carbocycles. The number of hydrogen-bond donors (Lipinski definition) is 2. The first kappa shape index (κ1) is 23.2. The SMILES string of the molecule is Cl.NCCC(=O)NCC1CCCCN1C(=O)c1ccc(F)c(C(F)(F)F)c1. The average molecular weight is 412 g/mol. The molecular formula is C17H22ClF4N3O2. The van der Waals surface area contributed by atoms with Crippen LogP contribution in [0.2, 0.25) is 0 Å². The Morgan fingerprint density at radius 3 is 2.59 bits per heavy atom. The molecule has 1 aliphatic rings. The number of alkyl halides is 3. The van der Waals surface area contributed by atoms with E-state index in [4.69, 9.17) is 5.73 Å². The minimum atomic E-state index is -4.88. The third-order valence-corrected chi connectivity index (χ3v) is 4.31. The highest BCUT2D eigenvalue weighted by Crippen LogP contribution is 2.32. The zero-order valence-corrected chi connectivity index (χ0v) is 15.3. The first-order chi connectivity index (χ1) is 12.2. The molecule has 5 nitrogen and oxygen atoms in total. The van der Waals surface area contributed by atoms with Gasteiger partial charge in [-0.15, -0.1) is 12.4 Å². The van der Waals surface area contributed by atoms with Crippen LogP contribution in [0.1, 0.15) is 41.6 Å². The topological polar surface area (TPSA) is 75.4 Å². The van der Waals surface area contributed by atoms with Crippen LogP contribution in [0.15, 0.2) is 18.2 Å². The summed E-state index contributed by atoms with van der Waals surface area (Å²) in [7, 11) is 0. The standard InChI is InChI=1S/C17H21F4N3O2.ClH/c18-14-5-4-11(9-13(14)17(19,20)21)16(26)24-8-2-1-3-12(24)10-23-15(25)6-7-22;/h4-5,9,12H,1-3,6-8,10,22H2,(H,23,25);1H. The smallest absolute Gasteiger partial charge is 0.354 e. The summed E-state index contributed by atoms with van der Waals surface area (Å²) in [6.07, 6.45) is -2.53. The molecule has 1 atom stereocenters. The second kappa shape index (κ2) is 9.89. The van der Waals surface area contributed by atoms with Crippen molar-refractivity contribution in [3.63, 3.8) is 0 Å². The summed E-state index contributed by atoms with van der Waals surface area (Å²) < 4.78 is 52.0. The van der Waals surface area contributed by atoms with Crippen molar-refractivity contribution in [3.05, 3.63) is 35.1 Å². The van der Waals surface area contributed by atoms with E-state index in [1.165, 1.54) is 4.90 Å². The molecule has 0 aromatic heterocycles. The van der Waals surface area contributed by atoms with E-state index >= 15 is 0 Å². The minimum Gasteiger partial charge on any atom is -0.354 e. The zero-order valence-electron chi connectivity index (χ0n) is 14.5. The van der Waals surface area contributed by atoms with Gasteiger partial charge in [-0.25, -0.2) is 4.39 Å².